The molecule has 0 saturated heterocycles. The van der Waals surface area contributed by atoms with Gasteiger partial charge in [-0.05, 0) is 32.9 Å². The Kier molecular flexibility index (Phi) is 4.53. The molecule has 0 aliphatic heterocycles. The van der Waals surface area contributed by atoms with E-state index >= 15 is 0 Å². The molecule has 0 radical (unpaired) electrons. The van der Waals surface area contributed by atoms with Gasteiger partial charge in [0.2, 0.25) is 0 Å². The highest BCUT2D eigenvalue weighted by atomic mass is 19.1. The van der Waals surface area contributed by atoms with E-state index in [-0.39, 0.29) is 12.2 Å². The third-order valence-electron chi connectivity index (χ3n) is 2.02. The van der Waals surface area contributed by atoms with Gasteiger partial charge in [-0.1, -0.05) is 0 Å². The Labute approximate surface area is 106 Å². The fraction of sp³-hybridized carbons (Fsp3) is 0.462. The third-order valence-corrected chi connectivity index (χ3v) is 2.02. The lowest BCUT2D eigenvalue weighted by molar-refractivity contribution is -0.152. The fourth-order valence-corrected chi connectivity index (χ4v) is 1.31. The quantitative estimate of drug-likeness (QED) is 0.840. The molecule has 0 amide bonds. The Hall–Kier alpha value is -1.78. The number of carbonyl (C=O) groups excluding carboxylic acids is 1. The first-order valence-corrected chi connectivity index (χ1v) is 5.61. The summed E-state index contributed by atoms with van der Waals surface area (Å²) in [4.78, 5) is 11.5. The van der Waals surface area contributed by atoms with E-state index in [0.29, 0.717) is 5.75 Å². The Morgan fingerprint density at radius 1 is 1.39 bits per heavy atom. The van der Waals surface area contributed by atoms with Crippen LogP contribution < -0.4 is 10.1 Å². The zero-order chi connectivity index (χ0) is 13.8. The van der Waals surface area contributed by atoms with Crippen molar-refractivity contribution in [3.8, 4) is 5.75 Å². The van der Waals surface area contributed by atoms with E-state index in [1.54, 1.807) is 20.8 Å². The number of nitrogens with one attached hydrogen (secondary N) is 1. The molecule has 1 N–H and O–H groups in total. The number of benzene rings is 1. The van der Waals surface area contributed by atoms with E-state index in [1.165, 1.54) is 25.3 Å². The number of halogens is 1. The zero-order valence-electron chi connectivity index (χ0n) is 11.0. The van der Waals surface area contributed by atoms with Crippen LogP contribution in [0.5, 0.6) is 5.75 Å². The highest BCUT2D eigenvalue weighted by Gasteiger charge is 2.16. The number of carbonyl (C=O) groups is 1. The molecular formula is C13H18FNO3. The Balaban J connectivity index is 2.60. The maximum Gasteiger partial charge on any atom is 0.325 e. The number of ether oxygens (including phenoxy) is 2. The van der Waals surface area contributed by atoms with E-state index in [1.807, 2.05) is 0 Å². The van der Waals surface area contributed by atoms with E-state index in [0.717, 1.165) is 0 Å². The highest BCUT2D eigenvalue weighted by Crippen LogP contribution is 2.20. The predicted octanol–water partition coefficient (Wildman–Crippen LogP) is 2.59. The number of methoxy groups -OCH3 is 1. The fourth-order valence-electron chi connectivity index (χ4n) is 1.31. The average molecular weight is 255 g/mol. The molecule has 1 aromatic rings. The number of hydrogen-bond donors (Lipinski definition) is 1. The molecule has 0 fully saturated rings. The van der Waals surface area contributed by atoms with Crippen molar-refractivity contribution < 1.29 is 18.7 Å². The standard InChI is InChI=1S/C13H18FNO3/c1-13(2,3)18-12(16)8-15-11-7-9(17-4)5-6-10(11)14/h5-7,15H,8H2,1-4H3. The largest absolute Gasteiger partial charge is 0.497 e. The summed E-state index contributed by atoms with van der Waals surface area (Å²) in [5.74, 6) is -0.368. The summed E-state index contributed by atoms with van der Waals surface area (Å²) < 4.78 is 23.5. The Bertz CT molecular complexity index is 427. The Morgan fingerprint density at radius 3 is 2.61 bits per heavy atom. The molecule has 4 nitrogen and oxygen atoms in total. The van der Waals surface area contributed by atoms with Crippen LogP contribution in [0, 0.1) is 5.82 Å². The van der Waals surface area contributed by atoms with Crippen molar-refractivity contribution in [3.05, 3.63) is 24.0 Å². The van der Waals surface area contributed by atoms with Crippen LogP contribution in [-0.4, -0.2) is 25.2 Å². The van der Waals surface area contributed by atoms with Gasteiger partial charge in [0.15, 0.2) is 0 Å². The van der Waals surface area contributed by atoms with Crippen LogP contribution in [0.4, 0.5) is 10.1 Å². The second-order valence-corrected chi connectivity index (χ2v) is 4.79. The number of rotatable bonds is 4. The van der Waals surface area contributed by atoms with E-state index in [4.69, 9.17) is 9.47 Å². The molecule has 5 heteroatoms. The third kappa shape index (κ3) is 4.61. The van der Waals surface area contributed by atoms with Crippen LogP contribution in [0.25, 0.3) is 0 Å². The van der Waals surface area contributed by atoms with Crippen LogP contribution in [0.15, 0.2) is 18.2 Å². The van der Waals surface area contributed by atoms with Crippen molar-refractivity contribution in [2.75, 3.05) is 19.0 Å². The second-order valence-electron chi connectivity index (χ2n) is 4.79. The van der Waals surface area contributed by atoms with Crippen molar-refractivity contribution in [2.45, 2.75) is 26.4 Å². The SMILES string of the molecule is COc1ccc(F)c(NCC(=O)OC(C)(C)C)c1. The molecule has 0 saturated carbocycles. The van der Waals surface area contributed by atoms with Gasteiger partial charge in [-0.2, -0.15) is 0 Å². The molecule has 0 aromatic heterocycles. The lowest BCUT2D eigenvalue weighted by Crippen LogP contribution is -2.28. The van der Waals surface area contributed by atoms with E-state index in [2.05, 4.69) is 5.32 Å². The molecule has 1 aromatic carbocycles. The molecule has 0 aliphatic rings. The topological polar surface area (TPSA) is 47.6 Å². The molecule has 0 atom stereocenters. The van der Waals surface area contributed by atoms with E-state index in [9.17, 15) is 9.18 Å². The van der Waals surface area contributed by atoms with Gasteiger partial charge in [0, 0.05) is 6.07 Å². The second kappa shape index (κ2) is 5.71. The lowest BCUT2D eigenvalue weighted by atomic mass is 10.2. The summed E-state index contributed by atoms with van der Waals surface area (Å²) in [6.07, 6.45) is 0. The normalized spacial score (nSPS) is 10.9. The van der Waals surface area contributed by atoms with Crippen LogP contribution in [-0.2, 0) is 9.53 Å². The van der Waals surface area contributed by atoms with Gasteiger partial charge in [0.1, 0.15) is 23.7 Å². The number of esters is 1. The number of anilines is 1. The lowest BCUT2D eigenvalue weighted by Gasteiger charge is -2.19. The summed E-state index contributed by atoms with van der Waals surface area (Å²) in [6, 6.07) is 4.27. The maximum absolute atomic E-state index is 13.4. The molecule has 0 aliphatic carbocycles. The van der Waals surface area contributed by atoms with Gasteiger partial charge < -0.3 is 14.8 Å². The molecule has 0 heterocycles. The van der Waals surface area contributed by atoms with Crippen LogP contribution >= 0.6 is 0 Å². The van der Waals surface area contributed by atoms with Crippen LogP contribution in [0.1, 0.15) is 20.8 Å². The van der Waals surface area contributed by atoms with Gasteiger partial charge in [-0.25, -0.2) is 4.39 Å². The van der Waals surface area contributed by atoms with Gasteiger partial charge in [0.25, 0.3) is 0 Å². The highest BCUT2D eigenvalue weighted by molar-refractivity contribution is 5.75. The van der Waals surface area contributed by atoms with Gasteiger partial charge in [-0.3, -0.25) is 4.79 Å². The first kappa shape index (κ1) is 14.3. The summed E-state index contributed by atoms with van der Waals surface area (Å²) >= 11 is 0. The summed E-state index contributed by atoms with van der Waals surface area (Å²) in [5, 5.41) is 2.68. The maximum atomic E-state index is 13.4. The molecule has 1 rings (SSSR count). The summed E-state index contributed by atoms with van der Waals surface area (Å²) in [6.45, 7) is 5.23. The van der Waals surface area contributed by atoms with Crippen LogP contribution in [0.2, 0.25) is 0 Å². The van der Waals surface area contributed by atoms with Crippen LogP contribution in [0.3, 0.4) is 0 Å². The summed E-state index contributed by atoms with van der Waals surface area (Å²) in [5.41, 5.74) is -0.341. The van der Waals surface area contributed by atoms with Crippen molar-refractivity contribution in [3.63, 3.8) is 0 Å². The molecular weight excluding hydrogens is 237 g/mol. The first-order chi connectivity index (χ1) is 8.31. The molecule has 0 spiro atoms. The minimum atomic E-state index is -0.550. The minimum absolute atomic E-state index is 0.0959. The average Bonchev–Trinajstić information content (AvgIpc) is 2.25. The molecule has 0 unspecified atom stereocenters. The monoisotopic (exact) mass is 255 g/mol. The smallest absolute Gasteiger partial charge is 0.325 e. The Morgan fingerprint density at radius 2 is 2.06 bits per heavy atom. The summed E-state index contributed by atoms with van der Waals surface area (Å²) in [7, 11) is 1.49. The van der Waals surface area contributed by atoms with Crippen molar-refractivity contribution in [1.82, 2.24) is 0 Å². The number of hydrogen-bond acceptors (Lipinski definition) is 4. The molecule has 100 valence electrons. The van der Waals surface area contributed by atoms with E-state index < -0.39 is 17.4 Å². The molecule has 0 bridgehead atoms. The predicted molar refractivity (Wildman–Crippen MR) is 67.3 cm³/mol. The van der Waals surface area contributed by atoms with Gasteiger partial charge in [-0.15, -0.1) is 0 Å². The van der Waals surface area contributed by atoms with Crippen molar-refractivity contribution in [2.24, 2.45) is 0 Å². The molecule has 18 heavy (non-hydrogen) atoms. The zero-order valence-corrected chi connectivity index (χ0v) is 11.0. The minimum Gasteiger partial charge on any atom is -0.497 e. The van der Waals surface area contributed by atoms with Crippen molar-refractivity contribution in [1.29, 1.82) is 0 Å². The first-order valence-electron chi connectivity index (χ1n) is 5.61. The van der Waals surface area contributed by atoms with Crippen molar-refractivity contribution >= 4 is 11.7 Å². The van der Waals surface area contributed by atoms with Gasteiger partial charge >= 0.3 is 5.97 Å². The van der Waals surface area contributed by atoms with Gasteiger partial charge in [0.05, 0.1) is 12.8 Å².